The first-order valence-corrected chi connectivity index (χ1v) is 18.3. The van der Waals surface area contributed by atoms with Crippen LogP contribution in [0.4, 0.5) is 34.1 Å². The average Bonchev–Trinajstić information content (AvgIpc) is 3.13. The van der Waals surface area contributed by atoms with Crippen LogP contribution in [-0.4, -0.2) is 60.3 Å². The summed E-state index contributed by atoms with van der Waals surface area (Å²) in [6.45, 7) is 0. The minimum absolute atomic E-state index is 0.887. The SMILES string of the molecule is CO[Si](OC)(OC)c1ccc(N(c2ccccc2)c2ccc(N(c3ccccc3)c3ccc([Si](OC)(OC)OC)cc3)cc2)cc1. The third-order valence-electron chi connectivity index (χ3n) is 7.97. The monoisotopic (exact) mass is 652 g/mol. The second-order valence-corrected chi connectivity index (χ2v) is 16.1. The number of anilines is 6. The fraction of sp³-hybridized carbons (Fsp3) is 0.167. The maximum Gasteiger partial charge on any atom is 0.536 e. The molecule has 0 bridgehead atoms. The molecule has 46 heavy (non-hydrogen) atoms. The minimum atomic E-state index is -2.96. The van der Waals surface area contributed by atoms with E-state index in [0.29, 0.717) is 0 Å². The third kappa shape index (κ3) is 6.56. The summed E-state index contributed by atoms with van der Waals surface area (Å²) in [5, 5.41) is 1.77. The van der Waals surface area contributed by atoms with Gasteiger partial charge in [-0.2, -0.15) is 0 Å². The van der Waals surface area contributed by atoms with E-state index >= 15 is 0 Å². The highest BCUT2D eigenvalue weighted by atomic mass is 28.4. The van der Waals surface area contributed by atoms with Gasteiger partial charge >= 0.3 is 17.6 Å². The van der Waals surface area contributed by atoms with E-state index in [1.54, 1.807) is 42.7 Å². The molecule has 0 unspecified atom stereocenters. The van der Waals surface area contributed by atoms with E-state index in [-0.39, 0.29) is 0 Å². The molecule has 0 radical (unpaired) electrons. The molecule has 10 heteroatoms. The molecular weight excluding hydrogens is 613 g/mol. The number of para-hydroxylation sites is 2. The molecule has 5 rings (SSSR count). The Morgan fingerprint density at radius 2 is 0.522 bits per heavy atom. The Kier molecular flexibility index (Phi) is 10.8. The van der Waals surface area contributed by atoms with Crippen LogP contribution in [0.1, 0.15) is 0 Å². The van der Waals surface area contributed by atoms with Crippen molar-refractivity contribution >= 4 is 62.1 Å². The molecule has 0 saturated heterocycles. The van der Waals surface area contributed by atoms with Crippen LogP contribution in [0.3, 0.4) is 0 Å². The zero-order chi connectivity index (χ0) is 32.6. The number of hydrogen-bond donors (Lipinski definition) is 0. The zero-order valence-corrected chi connectivity index (χ0v) is 29.0. The van der Waals surface area contributed by atoms with Gasteiger partial charge < -0.3 is 36.4 Å². The highest BCUT2D eigenvalue weighted by Gasteiger charge is 2.41. The fourth-order valence-corrected chi connectivity index (χ4v) is 9.20. The molecule has 0 amide bonds. The first kappa shape index (κ1) is 33.3. The van der Waals surface area contributed by atoms with Crippen LogP contribution in [0, 0.1) is 0 Å². The van der Waals surface area contributed by atoms with Crippen LogP contribution >= 0.6 is 0 Å². The molecule has 0 aromatic heterocycles. The molecule has 5 aromatic rings. The standard InChI is InChI=1S/C36H40N2O6Si2/c1-39-45(40-2,41-3)35-25-21-33(22-26-35)37(29-13-9-7-10-14-29)31-17-19-32(20-18-31)38(30-15-11-8-12-16-30)34-23-27-36(28-24-34)46(42-4,43-5)44-6/h7-28H,1-6H3. The highest BCUT2D eigenvalue weighted by Crippen LogP contribution is 2.38. The van der Waals surface area contributed by atoms with Crippen molar-refractivity contribution in [1.82, 2.24) is 0 Å². The molecule has 238 valence electrons. The van der Waals surface area contributed by atoms with Crippen LogP contribution in [0.2, 0.25) is 0 Å². The van der Waals surface area contributed by atoms with Gasteiger partial charge in [-0.15, -0.1) is 0 Å². The lowest BCUT2D eigenvalue weighted by atomic mass is 10.1. The van der Waals surface area contributed by atoms with E-state index in [9.17, 15) is 0 Å². The van der Waals surface area contributed by atoms with Crippen molar-refractivity contribution in [3.8, 4) is 0 Å². The Bertz CT molecular complexity index is 1510. The molecule has 0 N–H and O–H groups in total. The van der Waals surface area contributed by atoms with Gasteiger partial charge in [0.1, 0.15) is 0 Å². The summed E-state index contributed by atoms with van der Waals surface area (Å²) in [5.74, 6) is 0. The van der Waals surface area contributed by atoms with Gasteiger partial charge in [-0.1, -0.05) is 60.7 Å². The van der Waals surface area contributed by atoms with Gasteiger partial charge in [-0.05, 0) is 72.8 Å². The van der Waals surface area contributed by atoms with Crippen molar-refractivity contribution in [2.75, 3.05) is 52.5 Å². The number of benzene rings is 5. The maximum atomic E-state index is 5.70. The number of rotatable bonds is 14. The van der Waals surface area contributed by atoms with Crippen molar-refractivity contribution in [3.63, 3.8) is 0 Å². The third-order valence-corrected chi connectivity index (χ3v) is 13.3. The molecule has 0 aliphatic heterocycles. The Hall–Kier alpha value is -4.11. The lowest BCUT2D eigenvalue weighted by molar-refractivity contribution is 0.140. The molecule has 0 spiro atoms. The van der Waals surface area contributed by atoms with Crippen LogP contribution in [0.5, 0.6) is 0 Å². The molecule has 0 fully saturated rings. The van der Waals surface area contributed by atoms with Crippen molar-refractivity contribution < 1.29 is 26.6 Å². The van der Waals surface area contributed by atoms with E-state index in [0.717, 1.165) is 44.5 Å². The predicted octanol–water partition coefficient (Wildman–Crippen LogP) is 6.80. The van der Waals surface area contributed by atoms with E-state index < -0.39 is 17.6 Å². The predicted molar refractivity (Wildman–Crippen MR) is 189 cm³/mol. The van der Waals surface area contributed by atoms with Gasteiger partial charge in [0.2, 0.25) is 0 Å². The molecule has 0 atom stereocenters. The molecular formula is C36H40N2O6Si2. The van der Waals surface area contributed by atoms with Gasteiger partial charge in [0, 0.05) is 87.2 Å². The fourth-order valence-electron chi connectivity index (χ4n) is 5.64. The lowest BCUT2D eigenvalue weighted by Gasteiger charge is -2.29. The molecule has 0 saturated carbocycles. The first-order valence-electron chi connectivity index (χ1n) is 14.8. The second-order valence-electron chi connectivity index (χ2n) is 10.3. The smallest absolute Gasteiger partial charge is 0.373 e. The minimum Gasteiger partial charge on any atom is -0.373 e. The van der Waals surface area contributed by atoms with Crippen LogP contribution in [-0.2, 0) is 26.6 Å². The Balaban J connectivity index is 1.54. The van der Waals surface area contributed by atoms with Crippen LogP contribution in [0.15, 0.2) is 133 Å². The highest BCUT2D eigenvalue weighted by molar-refractivity contribution is 6.75. The summed E-state index contributed by atoms with van der Waals surface area (Å²) >= 11 is 0. The van der Waals surface area contributed by atoms with Crippen molar-refractivity contribution in [2.24, 2.45) is 0 Å². The summed E-state index contributed by atoms with van der Waals surface area (Å²) in [6.07, 6.45) is 0. The van der Waals surface area contributed by atoms with Crippen LogP contribution < -0.4 is 20.2 Å². The van der Waals surface area contributed by atoms with E-state index in [1.165, 1.54) is 0 Å². The lowest BCUT2D eigenvalue weighted by Crippen LogP contribution is -2.54. The van der Waals surface area contributed by atoms with E-state index in [2.05, 4.69) is 82.6 Å². The molecule has 0 aliphatic carbocycles. The average molecular weight is 653 g/mol. The topological polar surface area (TPSA) is 61.9 Å². The first-order chi connectivity index (χ1) is 22.5. The zero-order valence-electron chi connectivity index (χ0n) is 27.0. The molecule has 0 aliphatic rings. The van der Waals surface area contributed by atoms with E-state index in [1.807, 2.05) is 60.7 Å². The molecule has 5 aromatic carbocycles. The van der Waals surface area contributed by atoms with Crippen molar-refractivity contribution in [1.29, 1.82) is 0 Å². The summed E-state index contributed by atoms with van der Waals surface area (Å²) in [7, 11) is 3.78. The largest absolute Gasteiger partial charge is 0.536 e. The number of nitrogens with zero attached hydrogens (tertiary/aromatic N) is 2. The Morgan fingerprint density at radius 1 is 0.304 bits per heavy atom. The summed E-state index contributed by atoms with van der Waals surface area (Å²) in [4.78, 5) is 4.44. The van der Waals surface area contributed by atoms with Crippen LogP contribution in [0.25, 0.3) is 0 Å². The second kappa shape index (κ2) is 15.0. The Labute approximate surface area is 274 Å². The van der Waals surface area contributed by atoms with Crippen molar-refractivity contribution in [2.45, 2.75) is 0 Å². The van der Waals surface area contributed by atoms with Gasteiger partial charge in [-0.3, -0.25) is 0 Å². The quantitative estimate of drug-likeness (QED) is 0.122. The molecule has 8 nitrogen and oxygen atoms in total. The normalized spacial score (nSPS) is 11.8. The van der Waals surface area contributed by atoms with Gasteiger partial charge in [0.05, 0.1) is 0 Å². The summed E-state index contributed by atoms with van der Waals surface area (Å²) in [6, 6.07) is 45.5. The number of hydrogen-bond acceptors (Lipinski definition) is 8. The Morgan fingerprint density at radius 3 is 0.761 bits per heavy atom. The van der Waals surface area contributed by atoms with Gasteiger partial charge in [-0.25, -0.2) is 0 Å². The maximum absolute atomic E-state index is 5.70. The summed E-state index contributed by atoms with van der Waals surface area (Å²) in [5.41, 5.74) is 6.08. The van der Waals surface area contributed by atoms with Crippen molar-refractivity contribution in [3.05, 3.63) is 133 Å². The van der Waals surface area contributed by atoms with E-state index in [4.69, 9.17) is 26.6 Å². The van der Waals surface area contributed by atoms with Gasteiger partial charge in [0.25, 0.3) is 0 Å². The summed E-state index contributed by atoms with van der Waals surface area (Å²) < 4.78 is 34.2. The molecule has 0 heterocycles. The van der Waals surface area contributed by atoms with Gasteiger partial charge in [0.15, 0.2) is 0 Å².